The van der Waals surface area contributed by atoms with Gasteiger partial charge >= 0.3 is 11.8 Å². The number of methoxy groups -OCH3 is 1. The molecular weight excluding hydrogens is 318 g/mol. The standard InChI is InChI=1S/C19H19N3O3/c1-14(12-15-6-4-3-5-7-15)13-20-22-19(24)18(23)21-16-8-10-17(25-2)11-9-16/h3-13H,1-2H3,(H,21,23)(H,22,24)/b14-12-,20-13+. The number of carbonyl (C=O) groups is 2. The SMILES string of the molecule is COc1ccc(NC(=O)C(=O)N/N=C/C(C)=C\c2ccccc2)cc1. The summed E-state index contributed by atoms with van der Waals surface area (Å²) in [4.78, 5) is 23.5. The molecule has 0 saturated carbocycles. The lowest BCUT2D eigenvalue weighted by atomic mass is 10.1. The number of anilines is 1. The van der Waals surface area contributed by atoms with E-state index in [4.69, 9.17) is 4.74 Å². The molecule has 0 fully saturated rings. The highest BCUT2D eigenvalue weighted by Crippen LogP contribution is 2.14. The van der Waals surface area contributed by atoms with Crippen molar-refractivity contribution >= 4 is 29.8 Å². The van der Waals surface area contributed by atoms with Gasteiger partial charge in [-0.15, -0.1) is 0 Å². The summed E-state index contributed by atoms with van der Waals surface area (Å²) in [5.74, 6) is -0.987. The molecule has 6 nitrogen and oxygen atoms in total. The number of nitrogens with zero attached hydrogens (tertiary/aromatic N) is 1. The van der Waals surface area contributed by atoms with Crippen LogP contribution in [0.5, 0.6) is 5.75 Å². The van der Waals surface area contributed by atoms with E-state index < -0.39 is 11.8 Å². The molecule has 0 atom stereocenters. The zero-order chi connectivity index (χ0) is 18.1. The van der Waals surface area contributed by atoms with E-state index in [9.17, 15) is 9.59 Å². The number of hydrazone groups is 1. The number of rotatable bonds is 5. The number of ether oxygens (including phenoxy) is 1. The van der Waals surface area contributed by atoms with Crippen LogP contribution < -0.4 is 15.5 Å². The smallest absolute Gasteiger partial charge is 0.329 e. The van der Waals surface area contributed by atoms with E-state index in [0.29, 0.717) is 11.4 Å². The Morgan fingerprint density at radius 1 is 1.00 bits per heavy atom. The van der Waals surface area contributed by atoms with E-state index in [2.05, 4.69) is 15.8 Å². The fourth-order valence-electron chi connectivity index (χ4n) is 1.96. The zero-order valence-corrected chi connectivity index (χ0v) is 14.0. The van der Waals surface area contributed by atoms with Crippen LogP contribution in [0.25, 0.3) is 6.08 Å². The van der Waals surface area contributed by atoms with E-state index in [1.54, 1.807) is 31.4 Å². The highest BCUT2D eigenvalue weighted by molar-refractivity contribution is 6.39. The fraction of sp³-hybridized carbons (Fsp3) is 0.105. The van der Waals surface area contributed by atoms with Gasteiger partial charge in [-0.25, -0.2) is 5.43 Å². The number of allylic oxidation sites excluding steroid dienone is 1. The van der Waals surface area contributed by atoms with Crippen LogP contribution in [0, 0.1) is 0 Å². The van der Waals surface area contributed by atoms with Gasteiger partial charge in [-0.3, -0.25) is 9.59 Å². The first-order valence-corrected chi connectivity index (χ1v) is 7.60. The quantitative estimate of drug-likeness (QED) is 0.500. The molecule has 0 aliphatic carbocycles. The molecular formula is C19H19N3O3. The monoisotopic (exact) mass is 337 g/mol. The molecule has 0 unspecified atom stereocenters. The van der Waals surface area contributed by atoms with Crippen molar-refractivity contribution in [1.29, 1.82) is 0 Å². The van der Waals surface area contributed by atoms with Crippen molar-refractivity contribution in [2.24, 2.45) is 5.10 Å². The molecule has 0 aromatic heterocycles. The summed E-state index contributed by atoms with van der Waals surface area (Å²) in [6.07, 6.45) is 3.39. The van der Waals surface area contributed by atoms with Crippen molar-refractivity contribution in [3.05, 3.63) is 65.7 Å². The zero-order valence-electron chi connectivity index (χ0n) is 14.0. The van der Waals surface area contributed by atoms with E-state index in [1.165, 1.54) is 6.21 Å². The number of hydrogen-bond acceptors (Lipinski definition) is 4. The van der Waals surface area contributed by atoms with Crippen LogP contribution in [0.1, 0.15) is 12.5 Å². The lowest BCUT2D eigenvalue weighted by Crippen LogP contribution is -2.32. The molecule has 0 aliphatic heterocycles. The Hall–Kier alpha value is -3.41. The number of hydrogen-bond donors (Lipinski definition) is 2. The summed E-state index contributed by atoms with van der Waals surface area (Å²) < 4.78 is 5.02. The summed E-state index contributed by atoms with van der Waals surface area (Å²) in [7, 11) is 1.55. The normalized spacial score (nSPS) is 11.2. The van der Waals surface area contributed by atoms with Crippen molar-refractivity contribution in [3.8, 4) is 5.75 Å². The van der Waals surface area contributed by atoms with Crippen LogP contribution in [-0.2, 0) is 9.59 Å². The molecule has 2 rings (SSSR count). The molecule has 0 aliphatic rings. The molecule has 2 aromatic rings. The number of amides is 2. The van der Waals surface area contributed by atoms with Crippen molar-refractivity contribution < 1.29 is 14.3 Å². The topological polar surface area (TPSA) is 79.8 Å². The second-order valence-corrected chi connectivity index (χ2v) is 5.18. The molecule has 2 aromatic carbocycles. The van der Waals surface area contributed by atoms with Crippen molar-refractivity contribution in [1.82, 2.24) is 5.43 Å². The summed E-state index contributed by atoms with van der Waals surface area (Å²) in [5, 5.41) is 6.26. The average Bonchev–Trinajstić information content (AvgIpc) is 2.63. The lowest BCUT2D eigenvalue weighted by molar-refractivity contribution is -0.136. The first-order chi connectivity index (χ1) is 12.1. The Morgan fingerprint density at radius 2 is 1.68 bits per heavy atom. The molecule has 128 valence electrons. The van der Waals surface area contributed by atoms with Gasteiger partial charge in [-0.2, -0.15) is 5.10 Å². The molecule has 2 N–H and O–H groups in total. The Labute approximate surface area is 146 Å². The van der Waals surface area contributed by atoms with Crippen LogP contribution in [0.3, 0.4) is 0 Å². The van der Waals surface area contributed by atoms with E-state index in [-0.39, 0.29) is 0 Å². The van der Waals surface area contributed by atoms with Crippen LogP contribution in [0.2, 0.25) is 0 Å². The third kappa shape index (κ3) is 5.95. The van der Waals surface area contributed by atoms with Gasteiger partial charge in [0.25, 0.3) is 0 Å². The fourth-order valence-corrected chi connectivity index (χ4v) is 1.96. The van der Waals surface area contributed by atoms with Gasteiger partial charge < -0.3 is 10.1 Å². The summed E-state index contributed by atoms with van der Waals surface area (Å²) >= 11 is 0. The highest BCUT2D eigenvalue weighted by Gasteiger charge is 2.12. The van der Waals surface area contributed by atoms with Gasteiger partial charge in [0.2, 0.25) is 0 Å². The molecule has 2 amide bonds. The average molecular weight is 337 g/mol. The maximum atomic E-state index is 11.8. The molecule has 0 saturated heterocycles. The summed E-state index contributed by atoms with van der Waals surface area (Å²) in [6, 6.07) is 16.4. The van der Waals surface area contributed by atoms with Crippen LogP contribution >= 0.6 is 0 Å². The Bertz CT molecular complexity index is 781. The van der Waals surface area contributed by atoms with Crippen molar-refractivity contribution in [2.45, 2.75) is 6.92 Å². The number of nitrogens with one attached hydrogen (secondary N) is 2. The van der Waals surface area contributed by atoms with E-state index >= 15 is 0 Å². The highest BCUT2D eigenvalue weighted by atomic mass is 16.5. The predicted molar refractivity (Wildman–Crippen MR) is 98.4 cm³/mol. The Kier molecular flexibility index (Phi) is 6.47. The minimum Gasteiger partial charge on any atom is -0.497 e. The Balaban J connectivity index is 1.86. The first kappa shape index (κ1) is 17.9. The molecule has 0 radical (unpaired) electrons. The molecule has 25 heavy (non-hydrogen) atoms. The third-order valence-corrected chi connectivity index (χ3v) is 3.18. The van der Waals surface area contributed by atoms with Gasteiger partial charge in [0.05, 0.1) is 13.3 Å². The largest absolute Gasteiger partial charge is 0.497 e. The molecule has 0 heterocycles. The maximum Gasteiger partial charge on any atom is 0.329 e. The summed E-state index contributed by atoms with van der Waals surface area (Å²) in [5.41, 5.74) is 4.54. The molecule has 0 spiro atoms. The second kappa shape index (κ2) is 9.02. The van der Waals surface area contributed by atoms with Crippen LogP contribution in [-0.4, -0.2) is 25.1 Å². The first-order valence-electron chi connectivity index (χ1n) is 7.60. The molecule has 6 heteroatoms. The minimum absolute atomic E-state index is 0.491. The lowest BCUT2D eigenvalue weighted by Gasteiger charge is -2.05. The van der Waals surface area contributed by atoms with Gasteiger partial charge in [-0.05, 0) is 42.3 Å². The second-order valence-electron chi connectivity index (χ2n) is 5.18. The van der Waals surface area contributed by atoms with E-state index in [1.807, 2.05) is 43.3 Å². The third-order valence-electron chi connectivity index (χ3n) is 3.18. The van der Waals surface area contributed by atoms with Crippen LogP contribution in [0.4, 0.5) is 5.69 Å². The van der Waals surface area contributed by atoms with Crippen molar-refractivity contribution in [2.75, 3.05) is 12.4 Å². The summed E-state index contributed by atoms with van der Waals surface area (Å²) in [6.45, 7) is 1.85. The number of benzene rings is 2. The predicted octanol–water partition coefficient (Wildman–Crippen LogP) is 2.84. The van der Waals surface area contributed by atoms with Gasteiger partial charge in [0, 0.05) is 5.69 Å². The number of carbonyl (C=O) groups excluding carboxylic acids is 2. The van der Waals surface area contributed by atoms with E-state index in [0.717, 1.165) is 11.1 Å². The maximum absolute atomic E-state index is 11.8. The van der Waals surface area contributed by atoms with Crippen molar-refractivity contribution in [3.63, 3.8) is 0 Å². The Morgan fingerprint density at radius 3 is 2.32 bits per heavy atom. The van der Waals surface area contributed by atoms with Crippen LogP contribution in [0.15, 0.2) is 65.3 Å². The van der Waals surface area contributed by atoms with Gasteiger partial charge in [0.15, 0.2) is 0 Å². The minimum atomic E-state index is -0.848. The molecule has 0 bridgehead atoms. The van der Waals surface area contributed by atoms with Gasteiger partial charge in [0.1, 0.15) is 5.75 Å². The van der Waals surface area contributed by atoms with Gasteiger partial charge in [-0.1, -0.05) is 36.4 Å².